The molecule has 0 radical (unpaired) electrons. The van der Waals surface area contributed by atoms with E-state index in [1.54, 1.807) is 6.08 Å². The summed E-state index contributed by atoms with van der Waals surface area (Å²) in [5, 5.41) is 12.5. The molecule has 0 atom stereocenters. The summed E-state index contributed by atoms with van der Waals surface area (Å²) in [7, 11) is 0. The molecule has 0 saturated heterocycles. The summed E-state index contributed by atoms with van der Waals surface area (Å²) in [6.45, 7) is 8.55. The van der Waals surface area contributed by atoms with Crippen molar-refractivity contribution >= 4 is 11.7 Å². The van der Waals surface area contributed by atoms with Gasteiger partial charge in [-0.1, -0.05) is 19.9 Å². The molecular weight excluding hydrogens is 204 g/mol. The molecule has 1 heterocycles. The first-order valence-electron chi connectivity index (χ1n) is 5.30. The van der Waals surface area contributed by atoms with E-state index in [1.807, 2.05) is 6.07 Å². The lowest BCUT2D eigenvalue weighted by molar-refractivity contribution is -0.115. The van der Waals surface area contributed by atoms with Crippen molar-refractivity contribution in [3.8, 4) is 0 Å². The summed E-state index contributed by atoms with van der Waals surface area (Å²) in [6, 6.07) is 1.84. The van der Waals surface area contributed by atoms with E-state index in [0.717, 1.165) is 5.69 Å². The third-order valence-corrected chi connectivity index (χ3v) is 2.06. The molecule has 0 aromatic carbocycles. The molecular formula is C11H18N4O. The van der Waals surface area contributed by atoms with Gasteiger partial charge in [-0.3, -0.25) is 9.89 Å². The minimum absolute atomic E-state index is 0.108. The number of hydrogen-bond donors (Lipinski definition) is 3. The van der Waals surface area contributed by atoms with Crippen molar-refractivity contribution in [1.82, 2.24) is 15.5 Å². The van der Waals surface area contributed by atoms with Crippen LogP contribution in [0.5, 0.6) is 0 Å². The fourth-order valence-corrected chi connectivity index (χ4v) is 1.17. The van der Waals surface area contributed by atoms with E-state index in [2.05, 4.69) is 41.3 Å². The monoisotopic (exact) mass is 222 g/mol. The van der Waals surface area contributed by atoms with Gasteiger partial charge in [0.15, 0.2) is 5.82 Å². The van der Waals surface area contributed by atoms with E-state index in [0.29, 0.717) is 18.3 Å². The van der Waals surface area contributed by atoms with Crippen LogP contribution in [0.3, 0.4) is 0 Å². The van der Waals surface area contributed by atoms with Gasteiger partial charge in [-0.15, -0.1) is 6.58 Å². The SMILES string of the molecule is C=CCNCC(=O)Nc1cc(C(C)C)[nH]n1. The van der Waals surface area contributed by atoms with Crippen molar-refractivity contribution in [2.45, 2.75) is 19.8 Å². The zero-order valence-electron chi connectivity index (χ0n) is 9.71. The number of hydrogen-bond acceptors (Lipinski definition) is 3. The highest BCUT2D eigenvalue weighted by Gasteiger charge is 2.07. The molecule has 0 saturated carbocycles. The molecule has 0 bridgehead atoms. The van der Waals surface area contributed by atoms with Gasteiger partial charge in [-0.05, 0) is 5.92 Å². The summed E-state index contributed by atoms with van der Waals surface area (Å²) < 4.78 is 0. The summed E-state index contributed by atoms with van der Waals surface area (Å²) in [5.74, 6) is 0.829. The molecule has 1 rings (SSSR count). The van der Waals surface area contributed by atoms with Gasteiger partial charge in [0.1, 0.15) is 0 Å². The van der Waals surface area contributed by atoms with Crippen molar-refractivity contribution in [2.75, 3.05) is 18.4 Å². The lowest BCUT2D eigenvalue weighted by Gasteiger charge is -2.01. The van der Waals surface area contributed by atoms with E-state index in [9.17, 15) is 4.79 Å². The zero-order valence-corrected chi connectivity index (χ0v) is 9.71. The Balaban J connectivity index is 2.40. The van der Waals surface area contributed by atoms with Crippen molar-refractivity contribution in [1.29, 1.82) is 0 Å². The van der Waals surface area contributed by atoms with E-state index >= 15 is 0 Å². The normalized spacial score (nSPS) is 10.4. The van der Waals surface area contributed by atoms with E-state index in [1.165, 1.54) is 0 Å². The summed E-state index contributed by atoms with van der Waals surface area (Å²) in [6.07, 6.45) is 1.71. The zero-order chi connectivity index (χ0) is 12.0. The molecule has 88 valence electrons. The number of aromatic nitrogens is 2. The summed E-state index contributed by atoms with van der Waals surface area (Å²) >= 11 is 0. The molecule has 16 heavy (non-hydrogen) atoms. The Kier molecular flexibility index (Phi) is 4.72. The third-order valence-electron chi connectivity index (χ3n) is 2.06. The fourth-order valence-electron chi connectivity index (χ4n) is 1.17. The first-order chi connectivity index (χ1) is 7.63. The lowest BCUT2D eigenvalue weighted by Crippen LogP contribution is -2.28. The van der Waals surface area contributed by atoms with Crippen LogP contribution in [0.25, 0.3) is 0 Å². The lowest BCUT2D eigenvalue weighted by atomic mass is 10.1. The van der Waals surface area contributed by atoms with Crippen molar-refractivity contribution in [3.05, 3.63) is 24.4 Å². The van der Waals surface area contributed by atoms with Crippen LogP contribution in [0.15, 0.2) is 18.7 Å². The van der Waals surface area contributed by atoms with Crippen LogP contribution >= 0.6 is 0 Å². The average Bonchev–Trinajstić information content (AvgIpc) is 2.66. The maximum atomic E-state index is 11.4. The second-order valence-electron chi connectivity index (χ2n) is 3.83. The molecule has 0 aliphatic rings. The van der Waals surface area contributed by atoms with E-state index < -0.39 is 0 Å². The average molecular weight is 222 g/mol. The first kappa shape index (κ1) is 12.4. The standard InChI is InChI=1S/C11H18N4O/c1-4-5-12-7-11(16)13-10-6-9(8(2)3)14-15-10/h4,6,8,12H,1,5,7H2,2-3H3,(H2,13,14,15,16). The molecule has 3 N–H and O–H groups in total. The second kappa shape index (κ2) is 6.07. The molecule has 0 fully saturated rings. The highest BCUT2D eigenvalue weighted by molar-refractivity contribution is 5.91. The Labute approximate surface area is 95.3 Å². The Morgan fingerprint density at radius 2 is 2.44 bits per heavy atom. The molecule has 0 aliphatic heterocycles. The van der Waals surface area contributed by atoms with Crippen LogP contribution in [-0.2, 0) is 4.79 Å². The highest BCUT2D eigenvalue weighted by Crippen LogP contribution is 2.14. The van der Waals surface area contributed by atoms with E-state index in [4.69, 9.17) is 0 Å². The number of nitrogens with zero attached hydrogens (tertiary/aromatic N) is 1. The molecule has 5 nitrogen and oxygen atoms in total. The van der Waals surface area contributed by atoms with Crippen molar-refractivity contribution in [3.63, 3.8) is 0 Å². The number of anilines is 1. The van der Waals surface area contributed by atoms with Crippen molar-refractivity contribution < 1.29 is 4.79 Å². The minimum Gasteiger partial charge on any atom is -0.308 e. The predicted molar refractivity (Wildman–Crippen MR) is 64.4 cm³/mol. The van der Waals surface area contributed by atoms with Crippen LogP contribution in [0.2, 0.25) is 0 Å². The molecule has 1 aromatic rings. The fraction of sp³-hybridized carbons (Fsp3) is 0.455. The van der Waals surface area contributed by atoms with Crippen LogP contribution < -0.4 is 10.6 Å². The van der Waals surface area contributed by atoms with Gasteiger partial charge >= 0.3 is 0 Å². The molecule has 1 aromatic heterocycles. The minimum atomic E-state index is -0.108. The molecule has 0 unspecified atom stereocenters. The smallest absolute Gasteiger partial charge is 0.239 e. The van der Waals surface area contributed by atoms with Crippen LogP contribution in [0.1, 0.15) is 25.5 Å². The van der Waals surface area contributed by atoms with Gasteiger partial charge in [0.2, 0.25) is 5.91 Å². The summed E-state index contributed by atoms with van der Waals surface area (Å²) in [5.41, 5.74) is 1.01. The topological polar surface area (TPSA) is 69.8 Å². The van der Waals surface area contributed by atoms with Gasteiger partial charge in [-0.25, -0.2) is 0 Å². The number of amides is 1. The number of carbonyl (C=O) groups is 1. The first-order valence-corrected chi connectivity index (χ1v) is 5.30. The Hall–Kier alpha value is -1.62. The Morgan fingerprint density at radius 1 is 1.69 bits per heavy atom. The number of nitrogens with one attached hydrogen (secondary N) is 3. The maximum Gasteiger partial charge on any atom is 0.239 e. The molecule has 1 amide bonds. The van der Waals surface area contributed by atoms with Crippen LogP contribution in [0.4, 0.5) is 5.82 Å². The second-order valence-corrected chi connectivity index (χ2v) is 3.83. The Morgan fingerprint density at radius 3 is 3.00 bits per heavy atom. The molecule has 5 heteroatoms. The van der Waals surface area contributed by atoms with Crippen molar-refractivity contribution in [2.24, 2.45) is 0 Å². The molecule has 0 spiro atoms. The molecule has 0 aliphatic carbocycles. The van der Waals surface area contributed by atoms with Gasteiger partial charge in [0, 0.05) is 18.3 Å². The van der Waals surface area contributed by atoms with Gasteiger partial charge < -0.3 is 10.6 Å². The Bertz CT molecular complexity index is 357. The third kappa shape index (κ3) is 3.86. The summed E-state index contributed by atoms with van der Waals surface area (Å²) in [4.78, 5) is 11.4. The maximum absolute atomic E-state index is 11.4. The van der Waals surface area contributed by atoms with Gasteiger partial charge in [-0.2, -0.15) is 5.10 Å². The number of carbonyl (C=O) groups excluding carboxylic acids is 1. The predicted octanol–water partition coefficient (Wildman–Crippen LogP) is 1.25. The number of aromatic amines is 1. The highest BCUT2D eigenvalue weighted by atomic mass is 16.2. The van der Waals surface area contributed by atoms with Gasteiger partial charge in [0.05, 0.1) is 6.54 Å². The number of rotatable bonds is 6. The quantitative estimate of drug-likeness (QED) is 0.501. The van der Waals surface area contributed by atoms with Gasteiger partial charge in [0.25, 0.3) is 0 Å². The largest absolute Gasteiger partial charge is 0.308 e. The van der Waals surface area contributed by atoms with E-state index in [-0.39, 0.29) is 12.5 Å². The number of H-pyrrole nitrogens is 1. The van der Waals surface area contributed by atoms with Crippen LogP contribution in [0, 0.1) is 0 Å². The van der Waals surface area contributed by atoms with Crippen LogP contribution in [-0.4, -0.2) is 29.2 Å².